The molecule has 0 N–H and O–H groups in total. The Labute approximate surface area is 145 Å². The van der Waals surface area contributed by atoms with Crippen molar-refractivity contribution in [1.29, 1.82) is 0 Å². The number of benzene rings is 2. The monoisotopic (exact) mass is 364 g/mol. The van der Waals surface area contributed by atoms with Crippen molar-refractivity contribution in [2.45, 2.75) is 13.1 Å². The van der Waals surface area contributed by atoms with Crippen molar-refractivity contribution in [3.05, 3.63) is 66.0 Å². The van der Waals surface area contributed by atoms with Gasteiger partial charge in [-0.1, -0.05) is 12.1 Å². The topological polar surface area (TPSA) is 44.1 Å². The molecule has 8 heteroatoms. The van der Waals surface area contributed by atoms with E-state index in [2.05, 4.69) is 5.10 Å². The smallest absolute Gasteiger partial charge is 0.406 e. The van der Waals surface area contributed by atoms with Crippen LogP contribution in [-0.2, 0) is 11.0 Å². The van der Waals surface area contributed by atoms with E-state index in [0.29, 0.717) is 5.69 Å². The lowest BCUT2D eigenvalue weighted by atomic mass is 10.1. The predicted octanol–water partition coefficient (Wildman–Crippen LogP) is 4.62. The van der Waals surface area contributed by atoms with Crippen molar-refractivity contribution in [1.82, 2.24) is 9.78 Å². The van der Waals surface area contributed by atoms with Crippen molar-refractivity contribution in [2.24, 2.45) is 0 Å². The van der Waals surface area contributed by atoms with Crippen molar-refractivity contribution in [2.75, 3.05) is 0 Å². The van der Waals surface area contributed by atoms with Crippen molar-refractivity contribution in [3.63, 3.8) is 0 Å². The molecule has 134 valence electrons. The van der Waals surface area contributed by atoms with Gasteiger partial charge in [-0.25, -0.2) is 9.07 Å². The molecule has 0 aliphatic rings. The Kier molecular flexibility index (Phi) is 4.50. The Hall–Kier alpha value is -3.16. The van der Waals surface area contributed by atoms with Crippen LogP contribution in [0.1, 0.15) is 12.5 Å². The molecule has 0 saturated carbocycles. The first-order valence-electron chi connectivity index (χ1n) is 7.46. The lowest BCUT2D eigenvalue weighted by Gasteiger charge is -2.10. The third-order valence-electron chi connectivity index (χ3n) is 3.49. The van der Waals surface area contributed by atoms with Gasteiger partial charge >= 0.3 is 12.1 Å². The van der Waals surface area contributed by atoms with Crippen LogP contribution < -0.4 is 4.74 Å². The van der Waals surface area contributed by atoms with Crippen LogP contribution in [0.4, 0.5) is 17.6 Å². The normalized spacial score (nSPS) is 11.4. The molecule has 0 saturated heterocycles. The van der Waals surface area contributed by atoms with Gasteiger partial charge in [-0.3, -0.25) is 4.79 Å². The highest BCUT2D eigenvalue weighted by Crippen LogP contribution is 2.34. The van der Waals surface area contributed by atoms with E-state index < -0.39 is 23.5 Å². The van der Waals surface area contributed by atoms with Gasteiger partial charge in [0.15, 0.2) is 0 Å². The average Bonchev–Trinajstić information content (AvgIpc) is 2.98. The maximum absolute atomic E-state index is 13.2. The SMILES string of the molecule is CC(=O)Oc1cc(-c2cccc(C(F)(F)F)c2)n(-c2ccc(F)cc2)n1. The van der Waals surface area contributed by atoms with E-state index in [1.54, 1.807) is 0 Å². The van der Waals surface area contributed by atoms with E-state index >= 15 is 0 Å². The van der Waals surface area contributed by atoms with Crippen LogP contribution in [0.15, 0.2) is 54.6 Å². The Morgan fingerprint density at radius 3 is 2.38 bits per heavy atom. The molecule has 0 fully saturated rings. The molecule has 26 heavy (non-hydrogen) atoms. The Balaban J connectivity index is 2.15. The minimum atomic E-state index is -4.50. The Morgan fingerprint density at radius 2 is 1.77 bits per heavy atom. The minimum absolute atomic E-state index is 0.0748. The van der Waals surface area contributed by atoms with E-state index in [-0.39, 0.29) is 17.1 Å². The number of halogens is 4. The quantitative estimate of drug-likeness (QED) is 0.503. The second-order valence-corrected chi connectivity index (χ2v) is 5.43. The molecule has 2 aromatic carbocycles. The molecule has 0 amide bonds. The van der Waals surface area contributed by atoms with E-state index in [1.165, 1.54) is 54.1 Å². The third-order valence-corrected chi connectivity index (χ3v) is 3.49. The van der Waals surface area contributed by atoms with Crippen molar-refractivity contribution >= 4 is 5.97 Å². The Bertz CT molecular complexity index is 947. The Morgan fingerprint density at radius 1 is 1.08 bits per heavy atom. The van der Waals surface area contributed by atoms with Gasteiger partial charge in [0.1, 0.15) is 5.82 Å². The molecule has 1 aromatic heterocycles. The highest BCUT2D eigenvalue weighted by Gasteiger charge is 2.30. The van der Waals surface area contributed by atoms with Gasteiger partial charge in [-0.15, -0.1) is 5.10 Å². The average molecular weight is 364 g/mol. The standard InChI is InChI=1S/C18H12F4N2O2/c1-11(25)26-17-10-16(12-3-2-4-13(9-12)18(20,21)22)24(23-17)15-7-5-14(19)6-8-15/h2-10H,1H3. The highest BCUT2D eigenvalue weighted by atomic mass is 19.4. The maximum atomic E-state index is 13.2. The number of nitrogens with zero attached hydrogens (tertiary/aromatic N) is 2. The molecular weight excluding hydrogens is 352 g/mol. The number of aromatic nitrogens is 2. The molecule has 3 aromatic rings. The van der Waals surface area contributed by atoms with Crippen LogP contribution in [-0.4, -0.2) is 15.7 Å². The molecule has 0 bridgehead atoms. The first kappa shape index (κ1) is 17.7. The van der Waals surface area contributed by atoms with Crippen LogP contribution in [0.2, 0.25) is 0 Å². The van der Waals surface area contributed by atoms with Crippen LogP contribution in [0.3, 0.4) is 0 Å². The minimum Gasteiger partial charge on any atom is -0.406 e. The lowest BCUT2D eigenvalue weighted by Crippen LogP contribution is -2.05. The summed E-state index contributed by atoms with van der Waals surface area (Å²) in [5.41, 5.74) is 0.0575. The summed E-state index contributed by atoms with van der Waals surface area (Å²) in [4.78, 5) is 11.2. The molecule has 3 rings (SSSR count). The zero-order valence-corrected chi connectivity index (χ0v) is 13.4. The van der Waals surface area contributed by atoms with Gasteiger partial charge in [-0.05, 0) is 36.4 Å². The van der Waals surface area contributed by atoms with E-state index in [0.717, 1.165) is 12.1 Å². The first-order chi connectivity index (χ1) is 12.2. The summed E-state index contributed by atoms with van der Waals surface area (Å²) in [5, 5.41) is 4.09. The van der Waals surface area contributed by atoms with E-state index in [9.17, 15) is 22.4 Å². The second kappa shape index (κ2) is 6.62. The number of alkyl halides is 3. The van der Waals surface area contributed by atoms with Gasteiger partial charge < -0.3 is 4.74 Å². The van der Waals surface area contributed by atoms with Crippen molar-refractivity contribution in [3.8, 4) is 22.8 Å². The van der Waals surface area contributed by atoms with Gasteiger partial charge in [0.25, 0.3) is 0 Å². The number of carbonyl (C=O) groups excluding carboxylic acids is 1. The van der Waals surface area contributed by atoms with E-state index in [4.69, 9.17) is 4.74 Å². The summed E-state index contributed by atoms with van der Waals surface area (Å²) in [7, 11) is 0. The molecule has 4 nitrogen and oxygen atoms in total. The molecule has 0 atom stereocenters. The van der Waals surface area contributed by atoms with Crippen molar-refractivity contribution < 1.29 is 27.1 Å². The zero-order chi connectivity index (χ0) is 18.9. The number of hydrogen-bond donors (Lipinski definition) is 0. The summed E-state index contributed by atoms with van der Waals surface area (Å²) < 4.78 is 58.4. The highest BCUT2D eigenvalue weighted by molar-refractivity contribution is 5.70. The van der Waals surface area contributed by atoms with Gasteiger partial charge in [-0.2, -0.15) is 13.2 Å². The molecule has 0 aliphatic carbocycles. The van der Waals surface area contributed by atoms with Crippen LogP contribution in [0.25, 0.3) is 16.9 Å². The van der Waals surface area contributed by atoms with Gasteiger partial charge in [0.2, 0.25) is 5.88 Å². The summed E-state index contributed by atoms with van der Waals surface area (Å²) in [6.45, 7) is 1.18. The molecule has 0 radical (unpaired) electrons. The lowest BCUT2D eigenvalue weighted by molar-refractivity contribution is -0.137. The largest absolute Gasteiger partial charge is 0.416 e. The second-order valence-electron chi connectivity index (χ2n) is 5.43. The van der Waals surface area contributed by atoms with Gasteiger partial charge in [0.05, 0.1) is 16.9 Å². The third kappa shape index (κ3) is 3.74. The number of ether oxygens (including phenoxy) is 1. The van der Waals surface area contributed by atoms with Crippen LogP contribution >= 0.6 is 0 Å². The fourth-order valence-corrected chi connectivity index (χ4v) is 2.40. The van der Waals surface area contributed by atoms with Crippen LogP contribution in [0, 0.1) is 5.82 Å². The molecule has 1 heterocycles. The zero-order valence-electron chi connectivity index (χ0n) is 13.4. The van der Waals surface area contributed by atoms with Gasteiger partial charge in [0, 0.05) is 18.6 Å². The summed E-state index contributed by atoms with van der Waals surface area (Å²) in [5.74, 6) is -1.17. The fraction of sp³-hybridized carbons (Fsp3) is 0.111. The maximum Gasteiger partial charge on any atom is 0.416 e. The molecule has 0 unspecified atom stereocenters. The molecule has 0 spiro atoms. The molecular formula is C18H12F4N2O2. The predicted molar refractivity (Wildman–Crippen MR) is 85.3 cm³/mol. The first-order valence-corrected chi connectivity index (χ1v) is 7.46. The molecule has 0 aliphatic heterocycles. The fourth-order valence-electron chi connectivity index (χ4n) is 2.40. The number of hydrogen-bond acceptors (Lipinski definition) is 3. The summed E-state index contributed by atoms with van der Waals surface area (Å²) >= 11 is 0. The summed E-state index contributed by atoms with van der Waals surface area (Å²) in [6, 6.07) is 11.2. The van der Waals surface area contributed by atoms with E-state index in [1.807, 2.05) is 0 Å². The number of carbonyl (C=O) groups is 1. The number of rotatable bonds is 3. The van der Waals surface area contributed by atoms with Crippen LogP contribution in [0.5, 0.6) is 5.88 Å². The number of esters is 1. The summed E-state index contributed by atoms with van der Waals surface area (Å²) in [6.07, 6.45) is -4.50.